The van der Waals surface area contributed by atoms with Gasteiger partial charge in [-0.2, -0.15) is 0 Å². The summed E-state index contributed by atoms with van der Waals surface area (Å²) in [5.41, 5.74) is 4.49. The predicted molar refractivity (Wildman–Crippen MR) is 67.8 cm³/mol. The summed E-state index contributed by atoms with van der Waals surface area (Å²) in [7, 11) is 0. The van der Waals surface area contributed by atoms with Gasteiger partial charge < -0.3 is 9.90 Å². The van der Waals surface area contributed by atoms with Crippen molar-refractivity contribution in [1.82, 2.24) is 0 Å². The van der Waals surface area contributed by atoms with Crippen LogP contribution < -0.4 is 5.11 Å². The van der Waals surface area contributed by atoms with Crippen molar-refractivity contribution in [1.29, 1.82) is 0 Å². The fourth-order valence-electron chi connectivity index (χ4n) is 2.69. The van der Waals surface area contributed by atoms with Crippen LogP contribution in [0.25, 0.3) is 11.1 Å². The summed E-state index contributed by atoms with van der Waals surface area (Å²) in [4.78, 5) is 11.2. The molecule has 0 amide bonds. The van der Waals surface area contributed by atoms with Gasteiger partial charge in [0.05, 0.1) is 0 Å². The highest BCUT2D eigenvalue weighted by Crippen LogP contribution is 2.33. The molecule has 0 spiro atoms. The zero-order valence-corrected chi connectivity index (χ0v) is 9.93. The molecule has 2 heteroatoms. The Balaban J connectivity index is 2.21. The number of carboxylic acids is 1. The van der Waals surface area contributed by atoms with Gasteiger partial charge in [-0.1, -0.05) is 48.5 Å². The number of carbonyl (C=O) groups excluding carboxylic acids is 1. The SMILES string of the molecule is O=C([O-])C1Cc2ccccc2-c2ccccc2C1. The molecule has 0 aliphatic heterocycles. The van der Waals surface area contributed by atoms with Gasteiger partial charge in [-0.05, 0) is 35.1 Å². The third kappa shape index (κ3) is 1.80. The highest BCUT2D eigenvalue weighted by molar-refractivity contribution is 5.76. The Morgan fingerprint density at radius 3 is 1.78 bits per heavy atom. The van der Waals surface area contributed by atoms with Gasteiger partial charge in [-0.3, -0.25) is 0 Å². The Kier molecular flexibility index (Phi) is 2.63. The van der Waals surface area contributed by atoms with E-state index in [1.807, 2.05) is 36.4 Å². The third-order valence-corrected chi connectivity index (χ3v) is 3.59. The molecule has 2 aromatic rings. The quantitative estimate of drug-likeness (QED) is 0.759. The minimum Gasteiger partial charge on any atom is -0.550 e. The molecule has 1 aliphatic rings. The first kappa shape index (κ1) is 11.0. The van der Waals surface area contributed by atoms with E-state index in [1.54, 1.807) is 0 Å². The maximum atomic E-state index is 11.2. The highest BCUT2D eigenvalue weighted by atomic mass is 16.4. The van der Waals surface area contributed by atoms with Crippen LogP contribution in [0.3, 0.4) is 0 Å². The van der Waals surface area contributed by atoms with Crippen LogP contribution in [0.2, 0.25) is 0 Å². The van der Waals surface area contributed by atoms with Gasteiger partial charge in [-0.25, -0.2) is 0 Å². The topological polar surface area (TPSA) is 40.1 Å². The van der Waals surface area contributed by atoms with E-state index in [-0.39, 0.29) is 0 Å². The molecule has 0 N–H and O–H groups in total. The van der Waals surface area contributed by atoms with E-state index >= 15 is 0 Å². The Bertz CT molecular complexity index is 554. The number of hydrogen-bond acceptors (Lipinski definition) is 2. The zero-order chi connectivity index (χ0) is 12.5. The average Bonchev–Trinajstić information content (AvgIpc) is 2.55. The summed E-state index contributed by atoms with van der Waals surface area (Å²) < 4.78 is 0. The molecule has 0 bridgehead atoms. The first-order valence-electron chi connectivity index (χ1n) is 6.13. The Morgan fingerprint density at radius 1 is 0.889 bits per heavy atom. The summed E-state index contributed by atoms with van der Waals surface area (Å²) in [6.07, 6.45) is 1.10. The highest BCUT2D eigenvalue weighted by Gasteiger charge is 2.21. The monoisotopic (exact) mass is 237 g/mol. The van der Waals surface area contributed by atoms with Crippen molar-refractivity contribution >= 4 is 5.97 Å². The number of hydrogen-bond donors (Lipinski definition) is 0. The van der Waals surface area contributed by atoms with E-state index in [2.05, 4.69) is 12.1 Å². The van der Waals surface area contributed by atoms with E-state index in [9.17, 15) is 9.90 Å². The molecule has 0 fully saturated rings. The predicted octanol–water partition coefficient (Wildman–Crippen LogP) is 1.82. The molecule has 0 unspecified atom stereocenters. The molecule has 0 saturated carbocycles. The van der Waals surface area contributed by atoms with Crippen molar-refractivity contribution in [2.75, 3.05) is 0 Å². The normalized spacial score (nSPS) is 14.4. The lowest BCUT2D eigenvalue weighted by molar-refractivity contribution is -0.311. The van der Waals surface area contributed by atoms with Crippen molar-refractivity contribution in [3.63, 3.8) is 0 Å². The molecule has 0 saturated heterocycles. The fourth-order valence-corrected chi connectivity index (χ4v) is 2.69. The second-order valence-electron chi connectivity index (χ2n) is 4.74. The van der Waals surface area contributed by atoms with Crippen molar-refractivity contribution in [2.45, 2.75) is 12.8 Å². The minimum atomic E-state index is -0.957. The molecule has 2 aromatic carbocycles. The Hall–Kier alpha value is -2.09. The van der Waals surface area contributed by atoms with Crippen LogP contribution in [0.5, 0.6) is 0 Å². The van der Waals surface area contributed by atoms with Gasteiger partial charge in [0.1, 0.15) is 0 Å². The first-order chi connectivity index (χ1) is 8.75. The van der Waals surface area contributed by atoms with Crippen LogP contribution >= 0.6 is 0 Å². The fraction of sp³-hybridized carbons (Fsp3) is 0.188. The lowest BCUT2D eigenvalue weighted by atomic mass is 9.96. The first-order valence-corrected chi connectivity index (χ1v) is 6.13. The molecule has 0 atom stereocenters. The number of rotatable bonds is 1. The van der Waals surface area contributed by atoms with Gasteiger partial charge >= 0.3 is 0 Å². The second kappa shape index (κ2) is 4.30. The Morgan fingerprint density at radius 2 is 1.33 bits per heavy atom. The van der Waals surface area contributed by atoms with Crippen LogP contribution in [0, 0.1) is 5.92 Å². The minimum absolute atomic E-state index is 0.435. The number of carboxylic acid groups (broad SMARTS) is 1. The molecule has 18 heavy (non-hydrogen) atoms. The number of benzene rings is 2. The zero-order valence-electron chi connectivity index (χ0n) is 9.93. The van der Waals surface area contributed by atoms with E-state index in [0.717, 1.165) is 22.3 Å². The molecule has 1 aliphatic carbocycles. The number of aliphatic carboxylic acids is 1. The second-order valence-corrected chi connectivity index (χ2v) is 4.74. The molecular weight excluding hydrogens is 224 g/mol. The van der Waals surface area contributed by atoms with E-state index in [0.29, 0.717) is 12.8 Å². The standard InChI is InChI=1S/C16H14O2/c17-16(18)13-9-11-5-1-3-7-14(11)15-8-4-2-6-12(15)10-13/h1-8,13H,9-10H2,(H,17,18)/p-1. The van der Waals surface area contributed by atoms with Gasteiger partial charge in [0, 0.05) is 11.9 Å². The lowest BCUT2D eigenvalue weighted by Gasteiger charge is -2.16. The lowest BCUT2D eigenvalue weighted by Crippen LogP contribution is -2.33. The van der Waals surface area contributed by atoms with Crippen LogP contribution in [0.4, 0.5) is 0 Å². The summed E-state index contributed by atoms with van der Waals surface area (Å²) in [6.45, 7) is 0. The molecule has 2 nitrogen and oxygen atoms in total. The van der Waals surface area contributed by atoms with E-state index in [1.165, 1.54) is 0 Å². The summed E-state index contributed by atoms with van der Waals surface area (Å²) in [6, 6.07) is 16.0. The molecule has 0 heterocycles. The van der Waals surface area contributed by atoms with Crippen molar-refractivity contribution in [3.8, 4) is 11.1 Å². The van der Waals surface area contributed by atoms with Crippen molar-refractivity contribution in [2.24, 2.45) is 5.92 Å². The van der Waals surface area contributed by atoms with Gasteiger partial charge in [-0.15, -0.1) is 0 Å². The smallest absolute Gasteiger partial charge is 0.0451 e. The maximum absolute atomic E-state index is 11.2. The summed E-state index contributed by atoms with van der Waals surface area (Å²) >= 11 is 0. The Labute approximate surface area is 106 Å². The van der Waals surface area contributed by atoms with Gasteiger partial charge in [0.25, 0.3) is 0 Å². The maximum Gasteiger partial charge on any atom is 0.0451 e. The molecular formula is C16H13O2-. The number of fused-ring (bicyclic) bond motifs is 3. The molecule has 3 rings (SSSR count). The van der Waals surface area contributed by atoms with Crippen LogP contribution in [-0.2, 0) is 17.6 Å². The molecule has 90 valence electrons. The van der Waals surface area contributed by atoms with Crippen LogP contribution in [0.1, 0.15) is 11.1 Å². The van der Waals surface area contributed by atoms with E-state index in [4.69, 9.17) is 0 Å². The molecule has 0 radical (unpaired) electrons. The summed E-state index contributed by atoms with van der Waals surface area (Å²) in [5.74, 6) is -1.39. The van der Waals surface area contributed by atoms with Gasteiger partial charge in [0.15, 0.2) is 0 Å². The van der Waals surface area contributed by atoms with Gasteiger partial charge in [0.2, 0.25) is 0 Å². The molecule has 0 aromatic heterocycles. The van der Waals surface area contributed by atoms with Crippen LogP contribution in [0.15, 0.2) is 48.5 Å². The number of carbonyl (C=O) groups is 1. The van der Waals surface area contributed by atoms with Crippen molar-refractivity contribution < 1.29 is 9.90 Å². The average molecular weight is 237 g/mol. The largest absolute Gasteiger partial charge is 0.550 e. The van der Waals surface area contributed by atoms with Crippen molar-refractivity contribution in [3.05, 3.63) is 59.7 Å². The van der Waals surface area contributed by atoms with E-state index < -0.39 is 11.9 Å². The third-order valence-electron chi connectivity index (χ3n) is 3.59. The summed E-state index contributed by atoms with van der Waals surface area (Å²) in [5, 5.41) is 11.2. The van der Waals surface area contributed by atoms with Crippen LogP contribution in [-0.4, -0.2) is 5.97 Å².